The van der Waals surface area contributed by atoms with Gasteiger partial charge in [0.25, 0.3) is 0 Å². The van der Waals surface area contributed by atoms with Crippen molar-refractivity contribution in [3.05, 3.63) is 29.5 Å². The van der Waals surface area contributed by atoms with Crippen LogP contribution < -0.4 is 10.5 Å². The van der Waals surface area contributed by atoms with Crippen LogP contribution >= 0.6 is 0 Å². The molecule has 0 fully saturated rings. The zero-order valence-corrected chi connectivity index (χ0v) is 9.91. The minimum absolute atomic E-state index is 0.410. The highest BCUT2D eigenvalue weighted by molar-refractivity contribution is 5.84. The first-order valence-corrected chi connectivity index (χ1v) is 5.46. The van der Waals surface area contributed by atoms with Gasteiger partial charge < -0.3 is 14.9 Å². The van der Waals surface area contributed by atoms with Crippen molar-refractivity contribution in [2.45, 2.75) is 26.3 Å². The quantitative estimate of drug-likeness (QED) is 0.863. The first-order chi connectivity index (χ1) is 7.67. The second-order valence-electron chi connectivity index (χ2n) is 4.16. The molecule has 0 unspecified atom stereocenters. The first-order valence-electron chi connectivity index (χ1n) is 5.46. The van der Waals surface area contributed by atoms with E-state index in [9.17, 15) is 0 Å². The van der Waals surface area contributed by atoms with E-state index < -0.39 is 0 Å². The largest absolute Gasteiger partial charge is 0.497 e. The molecule has 0 saturated heterocycles. The highest BCUT2D eigenvalue weighted by atomic mass is 16.5. The van der Waals surface area contributed by atoms with E-state index in [1.165, 1.54) is 5.56 Å². The number of methoxy groups -OCH3 is 1. The summed E-state index contributed by atoms with van der Waals surface area (Å²) < 4.78 is 10.9. The maximum atomic E-state index is 5.75. The Hall–Kier alpha value is -1.48. The average molecular weight is 219 g/mol. The molecule has 0 radical (unpaired) electrons. The van der Waals surface area contributed by atoms with Crippen molar-refractivity contribution in [3.63, 3.8) is 0 Å². The van der Waals surface area contributed by atoms with Crippen molar-refractivity contribution >= 4 is 11.0 Å². The minimum Gasteiger partial charge on any atom is -0.497 e. The van der Waals surface area contributed by atoms with Gasteiger partial charge in [0.1, 0.15) is 17.1 Å². The minimum atomic E-state index is 0.410. The third-order valence-electron chi connectivity index (χ3n) is 2.78. The van der Waals surface area contributed by atoms with Gasteiger partial charge in [0.15, 0.2) is 0 Å². The molecular formula is C13H17NO2. The van der Waals surface area contributed by atoms with E-state index in [0.717, 1.165) is 22.5 Å². The van der Waals surface area contributed by atoms with Crippen LogP contribution in [-0.4, -0.2) is 7.11 Å². The Kier molecular flexibility index (Phi) is 2.88. The van der Waals surface area contributed by atoms with Crippen molar-refractivity contribution < 1.29 is 9.15 Å². The lowest BCUT2D eigenvalue weighted by atomic mass is 9.99. The zero-order valence-electron chi connectivity index (χ0n) is 9.91. The number of furan rings is 1. The maximum Gasteiger partial charge on any atom is 0.138 e. The highest BCUT2D eigenvalue weighted by Gasteiger charge is 2.16. The maximum absolute atomic E-state index is 5.75. The fraction of sp³-hybridized carbons (Fsp3) is 0.385. The number of ether oxygens (including phenoxy) is 1. The van der Waals surface area contributed by atoms with Crippen LogP contribution in [0.2, 0.25) is 0 Å². The average Bonchev–Trinajstić information content (AvgIpc) is 2.65. The smallest absolute Gasteiger partial charge is 0.138 e. The molecule has 0 aliphatic heterocycles. The van der Waals surface area contributed by atoms with Gasteiger partial charge in [-0.3, -0.25) is 0 Å². The zero-order chi connectivity index (χ0) is 11.7. The molecule has 16 heavy (non-hydrogen) atoms. The van der Waals surface area contributed by atoms with Crippen LogP contribution in [0, 0.1) is 0 Å². The van der Waals surface area contributed by atoms with Crippen LogP contribution in [0.3, 0.4) is 0 Å². The Balaban J connectivity index is 2.67. The molecule has 0 atom stereocenters. The number of hydrogen-bond acceptors (Lipinski definition) is 3. The van der Waals surface area contributed by atoms with Gasteiger partial charge in [0.2, 0.25) is 0 Å². The van der Waals surface area contributed by atoms with Crippen LogP contribution in [0.15, 0.2) is 22.6 Å². The molecule has 0 aliphatic carbocycles. The summed E-state index contributed by atoms with van der Waals surface area (Å²) in [5, 5.41) is 1.14. The van der Waals surface area contributed by atoms with E-state index >= 15 is 0 Å². The molecule has 0 aliphatic rings. The third-order valence-corrected chi connectivity index (χ3v) is 2.78. The summed E-state index contributed by atoms with van der Waals surface area (Å²) in [5.74, 6) is 2.09. The van der Waals surface area contributed by atoms with Crippen molar-refractivity contribution in [2.75, 3.05) is 7.11 Å². The molecule has 0 bridgehead atoms. The van der Waals surface area contributed by atoms with Gasteiger partial charge in [-0.25, -0.2) is 0 Å². The van der Waals surface area contributed by atoms with E-state index in [2.05, 4.69) is 13.8 Å². The number of nitrogens with two attached hydrogens (primary N) is 1. The van der Waals surface area contributed by atoms with Crippen LogP contribution in [0.5, 0.6) is 5.75 Å². The van der Waals surface area contributed by atoms with Crippen molar-refractivity contribution in [1.82, 2.24) is 0 Å². The normalized spacial score (nSPS) is 11.3. The van der Waals surface area contributed by atoms with E-state index in [0.29, 0.717) is 12.5 Å². The van der Waals surface area contributed by atoms with Crippen molar-refractivity contribution in [2.24, 2.45) is 5.73 Å². The Morgan fingerprint density at radius 3 is 2.69 bits per heavy atom. The SMILES string of the molecule is COc1ccc2c(C(C)C)c(CN)oc2c1. The molecule has 1 heterocycles. The van der Waals surface area contributed by atoms with Gasteiger partial charge in [0, 0.05) is 17.0 Å². The van der Waals surface area contributed by atoms with Gasteiger partial charge in [-0.15, -0.1) is 0 Å². The summed E-state index contributed by atoms with van der Waals surface area (Å²) in [7, 11) is 1.65. The lowest BCUT2D eigenvalue weighted by Crippen LogP contribution is -1.99. The Labute approximate surface area is 95.2 Å². The van der Waals surface area contributed by atoms with Crippen LogP contribution in [-0.2, 0) is 6.54 Å². The lowest BCUT2D eigenvalue weighted by molar-refractivity contribution is 0.414. The van der Waals surface area contributed by atoms with Gasteiger partial charge in [-0.1, -0.05) is 13.8 Å². The summed E-state index contributed by atoms with van der Waals surface area (Å²) in [6.07, 6.45) is 0. The first kappa shape index (κ1) is 11.0. The third kappa shape index (κ3) is 1.67. The Bertz CT molecular complexity index is 500. The summed E-state index contributed by atoms with van der Waals surface area (Å²) in [4.78, 5) is 0. The topological polar surface area (TPSA) is 48.4 Å². The van der Waals surface area contributed by atoms with Crippen LogP contribution in [0.25, 0.3) is 11.0 Å². The molecule has 86 valence electrons. The molecule has 0 saturated carbocycles. The molecule has 2 N–H and O–H groups in total. The highest BCUT2D eigenvalue weighted by Crippen LogP contribution is 2.33. The van der Waals surface area contributed by atoms with Gasteiger partial charge in [-0.05, 0) is 18.1 Å². The van der Waals surface area contributed by atoms with E-state index in [-0.39, 0.29) is 0 Å². The molecular weight excluding hydrogens is 202 g/mol. The molecule has 0 amide bonds. The van der Waals surface area contributed by atoms with Gasteiger partial charge >= 0.3 is 0 Å². The summed E-state index contributed by atoms with van der Waals surface area (Å²) >= 11 is 0. The molecule has 3 heteroatoms. The van der Waals surface area contributed by atoms with E-state index in [4.69, 9.17) is 14.9 Å². The van der Waals surface area contributed by atoms with Crippen molar-refractivity contribution in [1.29, 1.82) is 0 Å². The van der Waals surface area contributed by atoms with Crippen molar-refractivity contribution in [3.8, 4) is 5.75 Å². The standard InChI is InChI=1S/C13H17NO2/c1-8(2)13-10-5-4-9(15-3)6-11(10)16-12(13)7-14/h4-6,8H,7,14H2,1-3H3. The second kappa shape index (κ2) is 4.18. The predicted molar refractivity (Wildman–Crippen MR) is 64.7 cm³/mol. The fourth-order valence-electron chi connectivity index (χ4n) is 2.06. The van der Waals surface area contributed by atoms with Gasteiger partial charge in [-0.2, -0.15) is 0 Å². The Morgan fingerprint density at radius 2 is 2.12 bits per heavy atom. The molecule has 1 aromatic carbocycles. The van der Waals surface area contributed by atoms with Gasteiger partial charge in [0.05, 0.1) is 13.7 Å². The monoisotopic (exact) mass is 219 g/mol. The van der Waals surface area contributed by atoms with Crippen LogP contribution in [0.4, 0.5) is 0 Å². The fourth-order valence-corrected chi connectivity index (χ4v) is 2.06. The number of fused-ring (bicyclic) bond motifs is 1. The molecule has 2 aromatic rings. The second-order valence-corrected chi connectivity index (χ2v) is 4.16. The summed E-state index contributed by atoms with van der Waals surface area (Å²) in [6.45, 7) is 4.73. The molecule has 1 aromatic heterocycles. The summed E-state index contributed by atoms with van der Waals surface area (Å²) in [6, 6.07) is 5.89. The number of hydrogen-bond donors (Lipinski definition) is 1. The number of benzene rings is 1. The summed E-state index contributed by atoms with van der Waals surface area (Å²) in [5.41, 5.74) is 7.76. The van der Waals surface area contributed by atoms with Crippen LogP contribution in [0.1, 0.15) is 31.1 Å². The molecule has 3 nitrogen and oxygen atoms in total. The molecule has 2 rings (SSSR count). The molecule has 0 spiro atoms. The Morgan fingerprint density at radius 1 is 1.38 bits per heavy atom. The van der Waals surface area contributed by atoms with E-state index in [1.54, 1.807) is 7.11 Å². The lowest BCUT2D eigenvalue weighted by Gasteiger charge is -2.04. The number of rotatable bonds is 3. The predicted octanol–water partition coefficient (Wildman–Crippen LogP) is 3.02. The van der Waals surface area contributed by atoms with E-state index in [1.807, 2.05) is 18.2 Å².